The number of azo groups is 1. The van der Waals surface area contributed by atoms with Crippen molar-refractivity contribution in [2.24, 2.45) is 10.2 Å². The Kier molecular flexibility index (Phi) is 9.09. The minimum atomic E-state index is -0.400. The van der Waals surface area contributed by atoms with E-state index in [0.717, 1.165) is 29.2 Å². The summed E-state index contributed by atoms with van der Waals surface area (Å²) in [6, 6.07) is 15.7. The van der Waals surface area contributed by atoms with Crippen LogP contribution in [0.25, 0.3) is 0 Å². The summed E-state index contributed by atoms with van der Waals surface area (Å²) in [5, 5.41) is 8.52. The van der Waals surface area contributed by atoms with Gasteiger partial charge in [0, 0.05) is 18.3 Å². The molecule has 2 rings (SSSR count). The predicted molar refractivity (Wildman–Crippen MR) is 101 cm³/mol. The first-order valence-electron chi connectivity index (χ1n) is 8.25. The zero-order valence-corrected chi connectivity index (χ0v) is 15.8. The molecule has 0 atom stereocenters. The van der Waals surface area contributed by atoms with Gasteiger partial charge in [0.15, 0.2) is 0 Å². The molecule has 0 fully saturated rings. The van der Waals surface area contributed by atoms with E-state index in [1.807, 2.05) is 55.5 Å². The van der Waals surface area contributed by atoms with E-state index < -0.39 is 5.97 Å². The van der Waals surface area contributed by atoms with Gasteiger partial charge in [-0.25, -0.2) is 4.79 Å². The molecular weight excluding hydrogens is 350 g/mol. The summed E-state index contributed by atoms with van der Waals surface area (Å²) in [5.74, 6) is -0.400. The summed E-state index contributed by atoms with van der Waals surface area (Å²) < 4.78 is 5.03. The van der Waals surface area contributed by atoms with Gasteiger partial charge in [-0.3, -0.25) is 0 Å². The third-order valence-corrected chi connectivity index (χ3v) is 3.65. The van der Waals surface area contributed by atoms with Gasteiger partial charge in [0.05, 0.1) is 17.9 Å². The molecular formula is C20H23ClN3O2-. The monoisotopic (exact) mass is 372 g/mol. The molecule has 26 heavy (non-hydrogen) atoms. The van der Waals surface area contributed by atoms with Gasteiger partial charge in [-0.1, -0.05) is 18.7 Å². The standard InChI is InChI=1S/C20H23N3O2.ClH/c1-4-20(24)25-14-13-23(5-2)19-11-9-17(10-12-19)21-22-18-8-6-7-16(3)15-18;/h4,6-12,15H,1,5,13-14H2,2-3H3;1H/p-1. The molecule has 0 saturated heterocycles. The van der Waals surface area contributed by atoms with Crippen LogP contribution in [0.3, 0.4) is 0 Å². The zero-order chi connectivity index (χ0) is 18.1. The average molecular weight is 373 g/mol. The van der Waals surface area contributed by atoms with Crippen molar-refractivity contribution in [2.75, 3.05) is 24.6 Å². The highest BCUT2D eigenvalue weighted by molar-refractivity contribution is 5.81. The van der Waals surface area contributed by atoms with Crippen LogP contribution < -0.4 is 17.3 Å². The molecule has 0 bridgehead atoms. The Morgan fingerprint density at radius 1 is 1.15 bits per heavy atom. The van der Waals surface area contributed by atoms with Gasteiger partial charge in [0.2, 0.25) is 0 Å². The molecule has 2 aromatic carbocycles. The van der Waals surface area contributed by atoms with Gasteiger partial charge >= 0.3 is 5.97 Å². The van der Waals surface area contributed by atoms with Crippen LogP contribution in [-0.2, 0) is 9.53 Å². The minimum Gasteiger partial charge on any atom is -1.00 e. The molecule has 0 unspecified atom stereocenters. The van der Waals surface area contributed by atoms with Crippen molar-refractivity contribution in [2.45, 2.75) is 13.8 Å². The number of halogens is 1. The summed E-state index contributed by atoms with van der Waals surface area (Å²) >= 11 is 0. The number of rotatable bonds is 8. The number of benzene rings is 2. The lowest BCUT2D eigenvalue weighted by atomic mass is 10.2. The summed E-state index contributed by atoms with van der Waals surface area (Å²) in [6.07, 6.45) is 1.17. The number of carbonyl (C=O) groups excluding carboxylic acids is 1. The van der Waals surface area contributed by atoms with Crippen LogP contribution in [-0.4, -0.2) is 25.7 Å². The van der Waals surface area contributed by atoms with E-state index in [9.17, 15) is 4.79 Å². The molecule has 0 spiro atoms. The van der Waals surface area contributed by atoms with Crippen LogP contribution in [0, 0.1) is 6.92 Å². The van der Waals surface area contributed by atoms with Gasteiger partial charge in [-0.2, -0.15) is 10.2 Å². The first kappa shape index (κ1) is 21.4. The van der Waals surface area contributed by atoms with Crippen molar-refractivity contribution in [3.05, 3.63) is 66.7 Å². The number of ether oxygens (including phenoxy) is 1. The van der Waals surface area contributed by atoms with E-state index in [-0.39, 0.29) is 12.4 Å². The summed E-state index contributed by atoms with van der Waals surface area (Å²) in [5.41, 5.74) is 3.83. The number of nitrogens with zero attached hydrogens (tertiary/aromatic N) is 3. The highest BCUT2D eigenvalue weighted by Gasteiger charge is 2.05. The molecule has 0 amide bonds. The van der Waals surface area contributed by atoms with E-state index in [4.69, 9.17) is 4.74 Å². The van der Waals surface area contributed by atoms with E-state index in [1.165, 1.54) is 6.08 Å². The Hall–Kier alpha value is -2.66. The van der Waals surface area contributed by atoms with E-state index in [0.29, 0.717) is 13.2 Å². The molecule has 0 aromatic heterocycles. The molecule has 0 saturated carbocycles. The second kappa shape index (κ2) is 11.1. The maximum absolute atomic E-state index is 11.1. The Bertz CT molecular complexity index is 745. The average Bonchev–Trinajstić information content (AvgIpc) is 2.64. The van der Waals surface area contributed by atoms with Gasteiger partial charge < -0.3 is 22.0 Å². The van der Waals surface area contributed by atoms with E-state index in [2.05, 4.69) is 28.6 Å². The second-order valence-corrected chi connectivity index (χ2v) is 5.51. The van der Waals surface area contributed by atoms with Gasteiger partial charge in [-0.05, 0) is 55.8 Å². The number of aryl methyl sites for hydroxylation is 1. The Morgan fingerprint density at radius 3 is 2.46 bits per heavy atom. The fourth-order valence-corrected chi connectivity index (χ4v) is 2.32. The van der Waals surface area contributed by atoms with Gasteiger partial charge in [0.1, 0.15) is 6.61 Å². The molecule has 0 N–H and O–H groups in total. The summed E-state index contributed by atoms with van der Waals surface area (Å²) in [6.45, 7) is 9.23. The highest BCUT2D eigenvalue weighted by atomic mass is 35.5. The Morgan fingerprint density at radius 2 is 1.85 bits per heavy atom. The fourth-order valence-electron chi connectivity index (χ4n) is 2.32. The maximum Gasteiger partial charge on any atom is 0.330 e. The Labute approximate surface area is 160 Å². The number of carbonyl (C=O) groups is 1. The minimum absolute atomic E-state index is 0. The van der Waals surface area contributed by atoms with Gasteiger partial charge in [0.25, 0.3) is 0 Å². The van der Waals surface area contributed by atoms with Crippen molar-refractivity contribution in [1.82, 2.24) is 0 Å². The van der Waals surface area contributed by atoms with Crippen LogP contribution in [0.2, 0.25) is 0 Å². The first-order valence-corrected chi connectivity index (χ1v) is 8.25. The summed E-state index contributed by atoms with van der Waals surface area (Å²) in [4.78, 5) is 13.2. The molecule has 0 aliphatic carbocycles. The van der Waals surface area contributed by atoms with Crippen LogP contribution in [0.4, 0.5) is 17.1 Å². The molecule has 0 heterocycles. The van der Waals surface area contributed by atoms with Crippen molar-refractivity contribution >= 4 is 23.0 Å². The lowest BCUT2D eigenvalue weighted by Gasteiger charge is -2.22. The SMILES string of the molecule is C=CC(=O)OCCN(CC)c1ccc(N=Nc2cccc(C)c2)cc1.[Cl-]. The molecule has 0 aliphatic rings. The molecule has 138 valence electrons. The molecule has 0 aliphatic heterocycles. The van der Waals surface area contributed by atoms with Crippen molar-refractivity contribution in [3.63, 3.8) is 0 Å². The number of anilines is 1. The highest BCUT2D eigenvalue weighted by Crippen LogP contribution is 2.22. The topological polar surface area (TPSA) is 54.3 Å². The first-order chi connectivity index (χ1) is 12.1. The van der Waals surface area contributed by atoms with Crippen molar-refractivity contribution < 1.29 is 21.9 Å². The van der Waals surface area contributed by atoms with Crippen LogP contribution in [0.15, 0.2) is 71.4 Å². The zero-order valence-electron chi connectivity index (χ0n) is 15.1. The third-order valence-electron chi connectivity index (χ3n) is 3.65. The number of hydrogen-bond acceptors (Lipinski definition) is 5. The molecule has 0 radical (unpaired) electrons. The second-order valence-electron chi connectivity index (χ2n) is 5.51. The summed E-state index contributed by atoms with van der Waals surface area (Å²) in [7, 11) is 0. The van der Waals surface area contributed by atoms with Crippen molar-refractivity contribution in [3.8, 4) is 0 Å². The molecule has 6 heteroatoms. The maximum atomic E-state index is 11.1. The lowest BCUT2D eigenvalue weighted by Crippen LogP contribution is -3.00. The van der Waals surface area contributed by atoms with E-state index in [1.54, 1.807) is 0 Å². The molecule has 5 nitrogen and oxygen atoms in total. The van der Waals surface area contributed by atoms with Crippen LogP contribution in [0.1, 0.15) is 12.5 Å². The smallest absolute Gasteiger partial charge is 0.330 e. The van der Waals surface area contributed by atoms with Gasteiger partial charge in [-0.15, -0.1) is 0 Å². The number of esters is 1. The Balaban J connectivity index is 0.00000338. The normalized spacial score (nSPS) is 10.2. The number of likely N-dealkylation sites (N-methyl/N-ethyl adjacent to an activating group) is 1. The fraction of sp³-hybridized carbons (Fsp3) is 0.250. The van der Waals surface area contributed by atoms with Crippen LogP contribution >= 0.6 is 0 Å². The lowest BCUT2D eigenvalue weighted by molar-refractivity contribution is -0.137. The van der Waals surface area contributed by atoms with Crippen LogP contribution in [0.5, 0.6) is 0 Å². The number of hydrogen-bond donors (Lipinski definition) is 0. The largest absolute Gasteiger partial charge is 1.00 e. The van der Waals surface area contributed by atoms with E-state index >= 15 is 0 Å². The quantitative estimate of drug-likeness (QED) is 0.404. The molecule has 2 aromatic rings. The predicted octanol–water partition coefficient (Wildman–Crippen LogP) is 1.97. The third kappa shape index (κ3) is 6.69. The van der Waals surface area contributed by atoms with Crippen molar-refractivity contribution in [1.29, 1.82) is 0 Å².